The van der Waals surface area contributed by atoms with Gasteiger partial charge < -0.3 is 10.1 Å². The Hall–Kier alpha value is -1.80. The number of ether oxygens (including phenoxy) is 1. The third kappa shape index (κ3) is 5.90. The summed E-state index contributed by atoms with van der Waals surface area (Å²) in [7, 11) is 0. The first-order valence-electron chi connectivity index (χ1n) is 7.33. The van der Waals surface area contributed by atoms with Gasteiger partial charge in [0.1, 0.15) is 17.4 Å². The molecule has 0 bridgehead atoms. The number of hydrogen-bond donors (Lipinski definition) is 1. The molecule has 118 valence electrons. The molecule has 0 spiro atoms. The van der Waals surface area contributed by atoms with E-state index in [-0.39, 0.29) is 17.5 Å². The van der Waals surface area contributed by atoms with Crippen LogP contribution in [0, 0.1) is 11.3 Å². The van der Waals surface area contributed by atoms with Gasteiger partial charge in [-0.25, -0.2) is 0 Å². The van der Waals surface area contributed by atoms with Crippen LogP contribution in [0.4, 0.5) is 0 Å². The van der Waals surface area contributed by atoms with E-state index in [1.54, 1.807) is 6.08 Å². The van der Waals surface area contributed by atoms with Crippen molar-refractivity contribution in [2.24, 2.45) is 0 Å². The minimum Gasteiger partial charge on any atom is -0.493 e. The van der Waals surface area contributed by atoms with Crippen molar-refractivity contribution in [3.8, 4) is 11.8 Å². The lowest BCUT2D eigenvalue weighted by atomic mass is 10.1. The third-order valence-corrected chi connectivity index (χ3v) is 3.31. The predicted octanol–water partition coefficient (Wildman–Crippen LogP) is 4.06. The summed E-state index contributed by atoms with van der Waals surface area (Å²) in [6.45, 7) is 6.41. The molecule has 0 atom stereocenters. The van der Waals surface area contributed by atoms with Crippen LogP contribution in [0.1, 0.15) is 39.2 Å². The molecule has 1 aromatic carbocycles. The van der Waals surface area contributed by atoms with Gasteiger partial charge in [0.25, 0.3) is 5.91 Å². The molecule has 5 heteroatoms. The van der Waals surface area contributed by atoms with Crippen molar-refractivity contribution in [3.05, 3.63) is 33.8 Å². The summed E-state index contributed by atoms with van der Waals surface area (Å²) in [5.41, 5.74) is 0.771. The zero-order valence-corrected chi connectivity index (χ0v) is 14.7. The zero-order chi connectivity index (χ0) is 16.5. The van der Waals surface area contributed by atoms with Crippen LogP contribution in [-0.4, -0.2) is 18.6 Å². The molecule has 0 saturated heterocycles. The van der Waals surface area contributed by atoms with E-state index in [1.807, 2.05) is 38.1 Å². The monoisotopic (exact) mass is 364 g/mol. The fraction of sp³-hybridized carbons (Fsp3) is 0.412. The first-order chi connectivity index (χ1) is 10.5. The van der Waals surface area contributed by atoms with E-state index in [1.165, 1.54) is 0 Å². The zero-order valence-electron chi connectivity index (χ0n) is 13.1. The van der Waals surface area contributed by atoms with E-state index in [0.717, 1.165) is 17.3 Å². The maximum Gasteiger partial charge on any atom is 0.262 e. The number of nitrogens with one attached hydrogen (secondary N) is 1. The van der Waals surface area contributed by atoms with Crippen LogP contribution in [-0.2, 0) is 4.79 Å². The SMILES string of the molecule is CCCCOc1ccc(Br)cc1C=C(C#N)C(=O)NC(C)C. The summed E-state index contributed by atoms with van der Waals surface area (Å²) in [4.78, 5) is 12.0. The Kier molecular flexibility index (Phi) is 7.69. The summed E-state index contributed by atoms with van der Waals surface area (Å²) >= 11 is 3.40. The Morgan fingerprint density at radius 3 is 2.82 bits per heavy atom. The van der Waals surface area contributed by atoms with Crippen molar-refractivity contribution in [3.63, 3.8) is 0 Å². The van der Waals surface area contributed by atoms with Crippen molar-refractivity contribution in [2.75, 3.05) is 6.61 Å². The number of rotatable bonds is 7. The first kappa shape index (κ1) is 18.2. The summed E-state index contributed by atoms with van der Waals surface area (Å²) in [5.74, 6) is 0.290. The van der Waals surface area contributed by atoms with Gasteiger partial charge in [0.2, 0.25) is 0 Å². The summed E-state index contributed by atoms with van der Waals surface area (Å²) in [6.07, 6.45) is 3.56. The Labute approximate surface area is 140 Å². The molecule has 0 saturated carbocycles. The molecule has 0 radical (unpaired) electrons. The lowest BCUT2D eigenvalue weighted by Gasteiger charge is -2.11. The average Bonchev–Trinajstić information content (AvgIpc) is 2.46. The quantitative estimate of drug-likeness (QED) is 0.450. The molecular formula is C17H21BrN2O2. The largest absolute Gasteiger partial charge is 0.493 e. The Morgan fingerprint density at radius 2 is 2.23 bits per heavy atom. The molecule has 22 heavy (non-hydrogen) atoms. The van der Waals surface area contributed by atoms with Gasteiger partial charge in [-0.15, -0.1) is 0 Å². The van der Waals surface area contributed by atoms with E-state index in [4.69, 9.17) is 4.74 Å². The number of unbranched alkanes of at least 4 members (excludes halogenated alkanes) is 1. The molecule has 1 rings (SSSR count). The highest BCUT2D eigenvalue weighted by atomic mass is 79.9. The van der Waals surface area contributed by atoms with Crippen molar-refractivity contribution in [2.45, 2.75) is 39.7 Å². The molecular weight excluding hydrogens is 344 g/mol. The molecule has 1 N–H and O–H groups in total. The minimum atomic E-state index is -0.378. The standard InChI is InChI=1S/C17H21BrN2O2/c1-4-5-8-22-16-7-6-15(18)10-13(16)9-14(11-19)17(21)20-12(2)3/h6-7,9-10,12H,4-5,8H2,1-3H3,(H,20,21). The van der Waals surface area contributed by atoms with Gasteiger partial charge in [-0.05, 0) is 44.5 Å². The molecule has 0 unspecified atom stereocenters. The minimum absolute atomic E-state index is 0.0213. The van der Waals surface area contributed by atoms with Crippen LogP contribution in [0.15, 0.2) is 28.2 Å². The van der Waals surface area contributed by atoms with Gasteiger partial charge in [0.15, 0.2) is 0 Å². The van der Waals surface area contributed by atoms with Gasteiger partial charge in [-0.2, -0.15) is 5.26 Å². The molecule has 0 fully saturated rings. The second-order valence-corrected chi connectivity index (χ2v) is 6.10. The molecule has 0 heterocycles. The molecule has 4 nitrogen and oxygen atoms in total. The van der Waals surface area contributed by atoms with Crippen LogP contribution in [0.3, 0.4) is 0 Å². The van der Waals surface area contributed by atoms with Gasteiger partial charge in [-0.1, -0.05) is 29.3 Å². The van der Waals surface area contributed by atoms with Gasteiger partial charge in [-0.3, -0.25) is 4.79 Å². The smallest absolute Gasteiger partial charge is 0.262 e. The van der Waals surface area contributed by atoms with E-state index in [2.05, 4.69) is 28.2 Å². The van der Waals surface area contributed by atoms with E-state index < -0.39 is 0 Å². The van der Waals surface area contributed by atoms with Crippen LogP contribution >= 0.6 is 15.9 Å². The lowest BCUT2D eigenvalue weighted by Crippen LogP contribution is -2.30. The van der Waals surface area contributed by atoms with Crippen molar-refractivity contribution in [1.82, 2.24) is 5.32 Å². The maximum atomic E-state index is 12.0. The van der Waals surface area contributed by atoms with Crippen molar-refractivity contribution >= 4 is 27.9 Å². The number of nitriles is 1. The number of amides is 1. The number of nitrogens with zero attached hydrogens (tertiary/aromatic N) is 1. The highest BCUT2D eigenvalue weighted by Gasteiger charge is 2.12. The van der Waals surface area contributed by atoms with Gasteiger partial charge in [0, 0.05) is 16.1 Å². The number of carbonyl (C=O) groups excluding carboxylic acids is 1. The fourth-order valence-electron chi connectivity index (χ4n) is 1.73. The summed E-state index contributed by atoms with van der Waals surface area (Å²) in [6, 6.07) is 7.47. The van der Waals surface area contributed by atoms with Crippen LogP contribution in [0.2, 0.25) is 0 Å². The van der Waals surface area contributed by atoms with Gasteiger partial charge >= 0.3 is 0 Å². The predicted molar refractivity (Wildman–Crippen MR) is 91.4 cm³/mol. The van der Waals surface area contributed by atoms with E-state index in [9.17, 15) is 10.1 Å². The Balaban J connectivity index is 3.06. The van der Waals surface area contributed by atoms with E-state index >= 15 is 0 Å². The Morgan fingerprint density at radius 1 is 1.50 bits per heavy atom. The van der Waals surface area contributed by atoms with Crippen LogP contribution in [0.5, 0.6) is 5.75 Å². The second kappa shape index (κ2) is 9.26. The molecule has 0 aliphatic heterocycles. The summed E-state index contributed by atoms with van der Waals surface area (Å²) < 4.78 is 6.60. The molecule has 1 amide bonds. The lowest BCUT2D eigenvalue weighted by molar-refractivity contribution is -0.117. The second-order valence-electron chi connectivity index (χ2n) is 5.18. The Bertz CT molecular complexity index is 589. The molecule has 0 aliphatic rings. The first-order valence-corrected chi connectivity index (χ1v) is 8.12. The summed E-state index contributed by atoms with van der Waals surface area (Å²) in [5, 5.41) is 11.9. The highest BCUT2D eigenvalue weighted by molar-refractivity contribution is 9.10. The normalized spacial score (nSPS) is 11.2. The molecule has 0 aromatic heterocycles. The molecule has 0 aliphatic carbocycles. The number of benzene rings is 1. The van der Waals surface area contributed by atoms with Crippen LogP contribution in [0.25, 0.3) is 6.08 Å². The maximum absolute atomic E-state index is 12.0. The highest BCUT2D eigenvalue weighted by Crippen LogP contribution is 2.26. The van der Waals surface area contributed by atoms with Crippen LogP contribution < -0.4 is 10.1 Å². The van der Waals surface area contributed by atoms with E-state index in [0.29, 0.717) is 17.9 Å². The number of halogens is 1. The van der Waals surface area contributed by atoms with Gasteiger partial charge in [0.05, 0.1) is 6.61 Å². The fourth-order valence-corrected chi connectivity index (χ4v) is 2.11. The average molecular weight is 365 g/mol. The number of hydrogen-bond acceptors (Lipinski definition) is 3. The third-order valence-electron chi connectivity index (χ3n) is 2.81. The van der Waals surface area contributed by atoms with Crippen molar-refractivity contribution < 1.29 is 9.53 Å². The molecule has 1 aromatic rings. The number of carbonyl (C=O) groups is 1. The topological polar surface area (TPSA) is 62.1 Å². The van der Waals surface area contributed by atoms with Crippen molar-refractivity contribution in [1.29, 1.82) is 5.26 Å².